The molecule has 5 heteroatoms. The Morgan fingerprint density at radius 1 is 1.32 bits per heavy atom. The molecule has 1 heterocycles. The summed E-state index contributed by atoms with van der Waals surface area (Å²) in [5.41, 5.74) is 0.585. The maximum atomic E-state index is 11.3. The number of carboxylic acids is 1. The highest BCUT2D eigenvalue weighted by molar-refractivity contribution is 6.31. The average molecular weight is 279 g/mol. The molecule has 2 rings (SSSR count). The van der Waals surface area contributed by atoms with Gasteiger partial charge in [0.05, 0.1) is 5.52 Å². The number of carboxylic acid groups (broad SMARTS) is 1. The first-order valence-electron chi connectivity index (χ1n) is 5.96. The molecule has 0 amide bonds. The van der Waals surface area contributed by atoms with E-state index in [9.17, 15) is 9.90 Å². The van der Waals surface area contributed by atoms with E-state index in [0.29, 0.717) is 28.2 Å². The normalized spacial score (nSPS) is 11.8. The second kappa shape index (κ2) is 4.78. The van der Waals surface area contributed by atoms with E-state index < -0.39 is 5.97 Å². The third-order valence-corrected chi connectivity index (χ3v) is 2.83. The molecule has 0 atom stereocenters. The Hall–Kier alpha value is -1.68. The Balaban J connectivity index is 2.65. The van der Waals surface area contributed by atoms with E-state index in [1.807, 2.05) is 0 Å². The maximum Gasteiger partial charge on any atom is 0.355 e. The van der Waals surface area contributed by atoms with Gasteiger partial charge >= 0.3 is 5.97 Å². The van der Waals surface area contributed by atoms with Gasteiger partial charge in [-0.3, -0.25) is 0 Å². The van der Waals surface area contributed by atoms with Gasteiger partial charge < -0.3 is 5.11 Å². The number of carbonyl (C=O) groups is 1. The minimum atomic E-state index is -1.05. The summed E-state index contributed by atoms with van der Waals surface area (Å²) in [5.74, 6) is -0.524. The summed E-state index contributed by atoms with van der Waals surface area (Å²) in [6.07, 6.45) is 0.607. The molecule has 2 aromatic rings. The lowest BCUT2D eigenvalue weighted by molar-refractivity contribution is 0.0692. The SMILES string of the molecule is CC(C)(C)Cc1nc(C(=O)O)c2ccc(Cl)cc2n1. The molecular formula is C14H15ClN2O2. The lowest BCUT2D eigenvalue weighted by Gasteiger charge is -2.17. The van der Waals surface area contributed by atoms with Gasteiger partial charge in [0.2, 0.25) is 0 Å². The molecule has 0 saturated heterocycles. The molecule has 4 nitrogen and oxygen atoms in total. The number of nitrogens with zero attached hydrogens (tertiary/aromatic N) is 2. The Morgan fingerprint density at radius 2 is 2.00 bits per heavy atom. The first-order chi connectivity index (χ1) is 8.76. The van der Waals surface area contributed by atoms with Gasteiger partial charge in [-0.25, -0.2) is 14.8 Å². The van der Waals surface area contributed by atoms with Crippen LogP contribution in [-0.2, 0) is 6.42 Å². The zero-order chi connectivity index (χ0) is 14.2. The standard InChI is InChI=1S/C14H15ClN2O2/c1-14(2,3)7-11-16-10-6-8(15)4-5-9(10)12(17-11)13(18)19/h4-6H,7H2,1-3H3,(H,18,19). The number of aromatic carboxylic acids is 1. The molecule has 100 valence electrons. The van der Waals surface area contributed by atoms with Gasteiger partial charge in [0.15, 0.2) is 5.69 Å². The number of hydrogen-bond acceptors (Lipinski definition) is 3. The summed E-state index contributed by atoms with van der Waals surface area (Å²) in [6, 6.07) is 4.95. The van der Waals surface area contributed by atoms with E-state index in [2.05, 4.69) is 30.7 Å². The van der Waals surface area contributed by atoms with Crippen molar-refractivity contribution in [2.45, 2.75) is 27.2 Å². The molecule has 0 unspecified atom stereocenters. The van der Waals surface area contributed by atoms with Crippen LogP contribution in [0.2, 0.25) is 5.02 Å². The van der Waals surface area contributed by atoms with E-state index in [-0.39, 0.29) is 11.1 Å². The predicted octanol–water partition coefficient (Wildman–Crippen LogP) is 3.57. The lowest BCUT2D eigenvalue weighted by atomic mass is 9.92. The lowest BCUT2D eigenvalue weighted by Crippen LogP contribution is -2.14. The van der Waals surface area contributed by atoms with Gasteiger partial charge in [-0.2, -0.15) is 0 Å². The summed E-state index contributed by atoms with van der Waals surface area (Å²) in [4.78, 5) is 19.9. The first kappa shape index (κ1) is 13.7. The van der Waals surface area contributed by atoms with Crippen LogP contribution in [-0.4, -0.2) is 21.0 Å². The summed E-state index contributed by atoms with van der Waals surface area (Å²) < 4.78 is 0. The fourth-order valence-electron chi connectivity index (χ4n) is 1.87. The van der Waals surface area contributed by atoms with Crippen LogP contribution in [0.3, 0.4) is 0 Å². The smallest absolute Gasteiger partial charge is 0.355 e. The Kier molecular flexibility index (Phi) is 3.45. The van der Waals surface area contributed by atoms with E-state index in [1.54, 1.807) is 18.2 Å². The van der Waals surface area contributed by atoms with Crippen LogP contribution in [0.15, 0.2) is 18.2 Å². The van der Waals surface area contributed by atoms with Crippen LogP contribution >= 0.6 is 11.6 Å². The van der Waals surface area contributed by atoms with E-state index in [1.165, 1.54) is 0 Å². The molecule has 1 N–H and O–H groups in total. The summed E-state index contributed by atoms with van der Waals surface area (Å²) in [5, 5.41) is 10.3. The van der Waals surface area contributed by atoms with Gasteiger partial charge in [0.1, 0.15) is 5.82 Å². The van der Waals surface area contributed by atoms with E-state index in [0.717, 1.165) is 0 Å². The minimum Gasteiger partial charge on any atom is -0.476 e. The van der Waals surface area contributed by atoms with Crippen molar-refractivity contribution in [3.8, 4) is 0 Å². The predicted molar refractivity (Wildman–Crippen MR) is 74.7 cm³/mol. The molecule has 0 aliphatic heterocycles. The van der Waals surface area contributed by atoms with Gasteiger partial charge in [0.25, 0.3) is 0 Å². The van der Waals surface area contributed by atoms with E-state index in [4.69, 9.17) is 11.6 Å². The summed E-state index contributed by atoms with van der Waals surface area (Å²) >= 11 is 5.93. The third-order valence-electron chi connectivity index (χ3n) is 2.60. The molecule has 0 fully saturated rings. The van der Waals surface area contributed by atoms with Crippen LogP contribution in [0.5, 0.6) is 0 Å². The van der Waals surface area contributed by atoms with Crippen molar-refractivity contribution in [3.05, 3.63) is 34.7 Å². The van der Waals surface area contributed by atoms with Crippen LogP contribution in [0.1, 0.15) is 37.1 Å². The monoisotopic (exact) mass is 278 g/mol. The number of halogens is 1. The molecule has 0 aliphatic rings. The molecule has 19 heavy (non-hydrogen) atoms. The number of benzene rings is 1. The largest absolute Gasteiger partial charge is 0.476 e. The first-order valence-corrected chi connectivity index (χ1v) is 6.33. The minimum absolute atomic E-state index is 0.0119. The van der Waals surface area contributed by atoms with Crippen molar-refractivity contribution in [3.63, 3.8) is 0 Å². The number of rotatable bonds is 2. The zero-order valence-electron chi connectivity index (χ0n) is 11.1. The zero-order valence-corrected chi connectivity index (χ0v) is 11.8. The molecule has 0 aliphatic carbocycles. The van der Waals surface area contributed by atoms with Crippen LogP contribution in [0.4, 0.5) is 0 Å². The van der Waals surface area contributed by atoms with Crippen molar-refractivity contribution in [2.75, 3.05) is 0 Å². The number of hydrogen-bond donors (Lipinski definition) is 1. The molecule has 0 bridgehead atoms. The van der Waals surface area contributed by atoms with Crippen molar-refractivity contribution in [1.82, 2.24) is 9.97 Å². The molecule has 1 aromatic carbocycles. The van der Waals surface area contributed by atoms with Crippen molar-refractivity contribution < 1.29 is 9.90 Å². The molecule has 1 aromatic heterocycles. The summed E-state index contributed by atoms with van der Waals surface area (Å²) in [7, 11) is 0. The Bertz CT molecular complexity index is 648. The van der Waals surface area contributed by atoms with Gasteiger partial charge in [-0.05, 0) is 23.6 Å². The topological polar surface area (TPSA) is 63.1 Å². The van der Waals surface area contributed by atoms with Crippen LogP contribution < -0.4 is 0 Å². The van der Waals surface area contributed by atoms with Gasteiger partial charge in [-0.1, -0.05) is 32.4 Å². The fraction of sp³-hybridized carbons (Fsp3) is 0.357. The molecule has 0 radical (unpaired) electrons. The molecule has 0 spiro atoms. The van der Waals surface area contributed by atoms with Crippen LogP contribution in [0, 0.1) is 5.41 Å². The highest BCUT2D eigenvalue weighted by Gasteiger charge is 2.18. The highest BCUT2D eigenvalue weighted by atomic mass is 35.5. The van der Waals surface area contributed by atoms with Crippen molar-refractivity contribution in [1.29, 1.82) is 0 Å². The second-order valence-corrected chi connectivity index (χ2v) is 6.13. The van der Waals surface area contributed by atoms with Crippen molar-refractivity contribution in [2.24, 2.45) is 5.41 Å². The number of aromatic nitrogens is 2. The Morgan fingerprint density at radius 3 is 2.58 bits per heavy atom. The average Bonchev–Trinajstić information content (AvgIpc) is 2.24. The summed E-state index contributed by atoms with van der Waals surface area (Å²) in [6.45, 7) is 6.16. The maximum absolute atomic E-state index is 11.3. The quantitative estimate of drug-likeness (QED) is 0.912. The second-order valence-electron chi connectivity index (χ2n) is 5.69. The van der Waals surface area contributed by atoms with Gasteiger partial charge in [-0.15, -0.1) is 0 Å². The van der Waals surface area contributed by atoms with Crippen LogP contribution in [0.25, 0.3) is 10.9 Å². The van der Waals surface area contributed by atoms with E-state index >= 15 is 0 Å². The fourth-order valence-corrected chi connectivity index (χ4v) is 2.03. The molecule has 0 saturated carbocycles. The molecular weight excluding hydrogens is 264 g/mol. The van der Waals surface area contributed by atoms with Gasteiger partial charge in [0, 0.05) is 16.8 Å². The third kappa shape index (κ3) is 3.20. The van der Waals surface area contributed by atoms with Crippen molar-refractivity contribution >= 4 is 28.5 Å². The highest BCUT2D eigenvalue weighted by Crippen LogP contribution is 2.24. The Labute approximate surface area is 116 Å². The number of fused-ring (bicyclic) bond motifs is 1.